The van der Waals surface area contributed by atoms with Crippen LogP contribution in [0.2, 0.25) is 0 Å². The van der Waals surface area contributed by atoms with Crippen molar-refractivity contribution < 1.29 is 15.0 Å². The molecular weight excluding hydrogens is 246 g/mol. The molecular formula is C10H7NO3S2. The van der Waals surface area contributed by atoms with Crippen molar-refractivity contribution in [1.82, 2.24) is 5.32 Å². The summed E-state index contributed by atoms with van der Waals surface area (Å²) < 4.78 is 0. The molecule has 1 amide bonds. The summed E-state index contributed by atoms with van der Waals surface area (Å²) in [6, 6.07) is 4.15. The Labute approximate surface area is 101 Å². The van der Waals surface area contributed by atoms with Gasteiger partial charge in [-0.05, 0) is 36.0 Å². The van der Waals surface area contributed by atoms with E-state index in [-0.39, 0.29) is 16.7 Å². The minimum absolute atomic E-state index is 0.0213. The molecule has 0 aliphatic carbocycles. The number of hydrogen-bond donors (Lipinski definition) is 3. The molecule has 3 N–H and O–H groups in total. The zero-order chi connectivity index (χ0) is 11.7. The van der Waals surface area contributed by atoms with E-state index in [2.05, 4.69) is 5.32 Å². The third-order valence-corrected chi connectivity index (χ3v) is 3.22. The fourth-order valence-corrected chi connectivity index (χ4v) is 2.24. The third kappa shape index (κ3) is 2.17. The van der Waals surface area contributed by atoms with Crippen LogP contribution in [0.5, 0.6) is 11.5 Å². The number of benzene rings is 1. The lowest BCUT2D eigenvalue weighted by molar-refractivity contribution is 0.265. The van der Waals surface area contributed by atoms with E-state index < -0.39 is 0 Å². The van der Waals surface area contributed by atoms with Crippen LogP contribution in [0.4, 0.5) is 4.79 Å². The van der Waals surface area contributed by atoms with E-state index in [1.54, 1.807) is 6.08 Å². The molecule has 1 heterocycles. The molecule has 0 spiro atoms. The summed E-state index contributed by atoms with van der Waals surface area (Å²) in [6.07, 6.45) is 1.56. The number of phenolic OH excluding ortho intramolecular Hbond substituents is 2. The normalized spacial score (nSPS) is 17.9. The number of amides is 1. The Kier molecular flexibility index (Phi) is 2.84. The van der Waals surface area contributed by atoms with Crippen LogP contribution in [-0.4, -0.2) is 20.4 Å². The van der Waals surface area contributed by atoms with E-state index in [1.165, 1.54) is 18.2 Å². The van der Waals surface area contributed by atoms with E-state index in [0.29, 0.717) is 15.5 Å². The highest BCUT2D eigenvalue weighted by atomic mass is 32.2. The molecule has 1 aromatic rings. The maximum absolute atomic E-state index is 11.0. The summed E-state index contributed by atoms with van der Waals surface area (Å²) >= 11 is 5.89. The second-order valence-corrected chi connectivity index (χ2v) is 4.52. The highest BCUT2D eigenvalue weighted by Crippen LogP contribution is 2.30. The molecule has 0 aromatic heterocycles. The first-order valence-corrected chi connectivity index (χ1v) is 5.55. The zero-order valence-electron chi connectivity index (χ0n) is 7.93. The van der Waals surface area contributed by atoms with Crippen molar-refractivity contribution in [2.45, 2.75) is 0 Å². The van der Waals surface area contributed by atoms with Crippen LogP contribution in [0, 0.1) is 0 Å². The van der Waals surface area contributed by atoms with Crippen LogP contribution >= 0.6 is 24.0 Å². The summed E-state index contributed by atoms with van der Waals surface area (Å²) in [6.45, 7) is 0. The molecule has 82 valence electrons. The van der Waals surface area contributed by atoms with Crippen LogP contribution in [-0.2, 0) is 0 Å². The molecule has 0 unspecified atom stereocenters. The molecule has 1 aliphatic heterocycles. The van der Waals surface area contributed by atoms with Crippen molar-refractivity contribution in [3.05, 3.63) is 28.7 Å². The lowest BCUT2D eigenvalue weighted by Gasteiger charge is -2.00. The average molecular weight is 253 g/mol. The first-order chi connectivity index (χ1) is 7.56. The van der Waals surface area contributed by atoms with Crippen molar-refractivity contribution in [2.24, 2.45) is 0 Å². The standard InChI is InChI=1S/C10H7NO3S2/c12-6-1-2-7(13)5(3-6)4-8-9(15)11-10(14)16-8/h1-4,12-13H,(H,11,14,15)/b8-4-. The van der Waals surface area contributed by atoms with Gasteiger partial charge in [-0.15, -0.1) is 0 Å². The highest BCUT2D eigenvalue weighted by Gasteiger charge is 2.21. The molecule has 6 heteroatoms. The monoisotopic (exact) mass is 253 g/mol. The highest BCUT2D eigenvalue weighted by molar-refractivity contribution is 8.19. The van der Waals surface area contributed by atoms with Crippen LogP contribution < -0.4 is 5.32 Å². The van der Waals surface area contributed by atoms with Gasteiger partial charge in [0.05, 0.1) is 4.91 Å². The predicted octanol–water partition coefficient (Wildman–Crippen LogP) is 2.22. The number of nitrogens with one attached hydrogen (secondary N) is 1. The van der Waals surface area contributed by atoms with Gasteiger partial charge in [0, 0.05) is 5.56 Å². The van der Waals surface area contributed by atoms with E-state index in [0.717, 1.165) is 11.8 Å². The van der Waals surface area contributed by atoms with Crippen LogP contribution in [0.3, 0.4) is 0 Å². The largest absolute Gasteiger partial charge is 0.508 e. The molecule has 2 rings (SSSR count). The number of phenols is 2. The Morgan fingerprint density at radius 1 is 1.38 bits per heavy atom. The molecule has 1 saturated heterocycles. The number of aromatic hydroxyl groups is 2. The SMILES string of the molecule is O=C1NC(=S)/C(=C/c2cc(O)ccc2O)S1. The van der Waals surface area contributed by atoms with Gasteiger partial charge in [0.15, 0.2) is 0 Å². The topological polar surface area (TPSA) is 69.6 Å². The van der Waals surface area contributed by atoms with Gasteiger partial charge in [0.2, 0.25) is 0 Å². The lowest BCUT2D eigenvalue weighted by Crippen LogP contribution is -2.15. The van der Waals surface area contributed by atoms with Gasteiger partial charge < -0.3 is 15.5 Å². The number of hydrogen-bond acceptors (Lipinski definition) is 5. The first kappa shape index (κ1) is 11.0. The molecule has 1 fully saturated rings. The van der Waals surface area contributed by atoms with Gasteiger partial charge in [-0.3, -0.25) is 4.79 Å². The summed E-state index contributed by atoms with van der Waals surface area (Å²) in [5.41, 5.74) is 0.418. The van der Waals surface area contributed by atoms with Crippen molar-refractivity contribution in [2.75, 3.05) is 0 Å². The molecule has 1 aromatic carbocycles. The van der Waals surface area contributed by atoms with E-state index in [9.17, 15) is 15.0 Å². The number of rotatable bonds is 1. The van der Waals surface area contributed by atoms with Gasteiger partial charge in [-0.25, -0.2) is 0 Å². The van der Waals surface area contributed by atoms with Crippen molar-refractivity contribution in [3.8, 4) is 11.5 Å². The van der Waals surface area contributed by atoms with Gasteiger partial charge in [0.25, 0.3) is 5.24 Å². The molecule has 4 nitrogen and oxygen atoms in total. The Morgan fingerprint density at radius 3 is 2.75 bits per heavy atom. The van der Waals surface area contributed by atoms with Crippen molar-refractivity contribution in [1.29, 1.82) is 0 Å². The maximum atomic E-state index is 11.0. The Balaban J connectivity index is 2.39. The maximum Gasteiger partial charge on any atom is 0.289 e. The number of carbonyl (C=O) groups is 1. The number of carbonyl (C=O) groups excluding carboxylic acids is 1. The number of thiocarbonyl (C=S) groups is 1. The second kappa shape index (κ2) is 4.15. The van der Waals surface area contributed by atoms with Crippen LogP contribution in [0.25, 0.3) is 6.08 Å². The van der Waals surface area contributed by atoms with E-state index in [1.807, 2.05) is 0 Å². The molecule has 0 atom stereocenters. The molecule has 16 heavy (non-hydrogen) atoms. The van der Waals surface area contributed by atoms with Crippen LogP contribution in [0.15, 0.2) is 23.1 Å². The molecule has 0 saturated carbocycles. The molecule has 0 radical (unpaired) electrons. The van der Waals surface area contributed by atoms with Gasteiger partial charge >= 0.3 is 0 Å². The second-order valence-electron chi connectivity index (χ2n) is 3.10. The Morgan fingerprint density at radius 2 is 2.12 bits per heavy atom. The summed E-state index contributed by atoms with van der Waals surface area (Å²) in [5.74, 6) is 0.0610. The Bertz CT molecular complexity index is 511. The van der Waals surface area contributed by atoms with Gasteiger partial charge in [-0.2, -0.15) is 0 Å². The predicted molar refractivity (Wildman–Crippen MR) is 66.5 cm³/mol. The van der Waals surface area contributed by atoms with E-state index in [4.69, 9.17) is 12.2 Å². The smallest absolute Gasteiger partial charge is 0.289 e. The zero-order valence-corrected chi connectivity index (χ0v) is 9.56. The quantitative estimate of drug-likeness (QED) is 0.407. The average Bonchev–Trinajstić information content (AvgIpc) is 2.51. The molecule has 1 aliphatic rings. The third-order valence-electron chi connectivity index (χ3n) is 1.94. The summed E-state index contributed by atoms with van der Waals surface area (Å²) in [4.78, 5) is 11.9. The minimum atomic E-state index is -0.240. The summed E-state index contributed by atoms with van der Waals surface area (Å²) in [5, 5.41) is 21.0. The van der Waals surface area contributed by atoms with E-state index >= 15 is 0 Å². The van der Waals surface area contributed by atoms with Crippen molar-refractivity contribution >= 4 is 40.3 Å². The Hall–Kier alpha value is -1.53. The lowest BCUT2D eigenvalue weighted by atomic mass is 10.2. The minimum Gasteiger partial charge on any atom is -0.508 e. The summed E-state index contributed by atoms with van der Waals surface area (Å²) in [7, 11) is 0. The van der Waals surface area contributed by atoms with Crippen molar-refractivity contribution in [3.63, 3.8) is 0 Å². The molecule has 0 bridgehead atoms. The fourth-order valence-electron chi connectivity index (χ4n) is 1.22. The number of thioether (sulfide) groups is 1. The van der Waals surface area contributed by atoms with Crippen LogP contribution in [0.1, 0.15) is 5.56 Å². The first-order valence-electron chi connectivity index (χ1n) is 4.33. The van der Waals surface area contributed by atoms with Gasteiger partial charge in [-0.1, -0.05) is 12.2 Å². The fraction of sp³-hybridized carbons (Fsp3) is 0. The van der Waals surface area contributed by atoms with Gasteiger partial charge in [0.1, 0.15) is 16.5 Å².